The molecule has 0 radical (unpaired) electrons. The van der Waals surface area contributed by atoms with Crippen LogP contribution in [-0.2, 0) is 11.3 Å². The van der Waals surface area contributed by atoms with Crippen molar-refractivity contribution >= 4 is 64.1 Å². The summed E-state index contributed by atoms with van der Waals surface area (Å²) in [7, 11) is 0. The minimum absolute atomic E-state index is 0.0218. The van der Waals surface area contributed by atoms with Crippen LogP contribution in [0.5, 0.6) is 0 Å². The molecule has 1 atom stereocenters. The molecule has 0 spiro atoms. The smallest absolute Gasteiger partial charge is 0.253 e. The highest BCUT2D eigenvalue weighted by Gasteiger charge is 2.27. The third kappa shape index (κ3) is 6.66. The van der Waals surface area contributed by atoms with Gasteiger partial charge in [-0.25, -0.2) is 0 Å². The van der Waals surface area contributed by atoms with E-state index in [2.05, 4.69) is 20.8 Å². The number of carbonyl (C=O) groups excluding carboxylic acids is 2. The Morgan fingerprint density at radius 3 is 2.44 bits per heavy atom. The molecular weight excluding hydrogens is 517 g/mol. The number of aromatic nitrogens is 3. The van der Waals surface area contributed by atoms with Gasteiger partial charge in [0.2, 0.25) is 5.91 Å². The second-order valence-corrected chi connectivity index (χ2v) is 9.97. The summed E-state index contributed by atoms with van der Waals surface area (Å²) < 4.78 is 1.89. The quantitative estimate of drug-likeness (QED) is 0.319. The third-order valence-electron chi connectivity index (χ3n) is 4.91. The summed E-state index contributed by atoms with van der Waals surface area (Å²) in [5.74, 6) is 0.248. The van der Waals surface area contributed by atoms with E-state index >= 15 is 0 Å². The first-order valence-corrected chi connectivity index (χ1v) is 12.7. The molecular formula is C23H24Cl3N5O2S. The van der Waals surface area contributed by atoms with Crippen molar-refractivity contribution in [2.24, 2.45) is 5.92 Å². The molecule has 0 fully saturated rings. The molecule has 0 saturated heterocycles. The number of hydrogen-bond donors (Lipinski definition) is 2. The van der Waals surface area contributed by atoms with Crippen LogP contribution in [0.2, 0.25) is 15.1 Å². The summed E-state index contributed by atoms with van der Waals surface area (Å²) >= 11 is 19.4. The molecule has 1 heterocycles. The fourth-order valence-electron chi connectivity index (χ4n) is 3.25. The molecule has 34 heavy (non-hydrogen) atoms. The first-order valence-electron chi connectivity index (χ1n) is 10.6. The Morgan fingerprint density at radius 1 is 1.06 bits per heavy atom. The monoisotopic (exact) mass is 539 g/mol. The van der Waals surface area contributed by atoms with Gasteiger partial charge in [-0.05, 0) is 49.2 Å². The highest BCUT2D eigenvalue weighted by Crippen LogP contribution is 2.27. The fraction of sp³-hybridized carbons (Fsp3) is 0.304. The number of hydrogen-bond acceptors (Lipinski definition) is 5. The summed E-state index contributed by atoms with van der Waals surface area (Å²) in [5.41, 5.74) is 0.950. The standard InChI is InChI=1S/C23H24Cl3N5O2S/c1-4-31-21(20(13(2)3)28-22(33)17-9-8-15(25)11-18(17)26)29-30-23(31)34-12-19(32)27-16-7-5-6-14(24)10-16/h5-11,13,20H,4,12H2,1-3H3,(H,27,32)(H,28,33)/t20-/m1/s1. The van der Waals surface area contributed by atoms with E-state index in [0.717, 1.165) is 0 Å². The molecule has 0 aliphatic heterocycles. The van der Waals surface area contributed by atoms with Crippen LogP contribution in [0.25, 0.3) is 0 Å². The van der Waals surface area contributed by atoms with E-state index < -0.39 is 6.04 Å². The van der Waals surface area contributed by atoms with Crippen molar-refractivity contribution in [2.75, 3.05) is 11.1 Å². The summed E-state index contributed by atoms with van der Waals surface area (Å²) in [6, 6.07) is 11.3. The van der Waals surface area contributed by atoms with E-state index in [9.17, 15) is 9.59 Å². The second kappa shape index (κ2) is 11.9. The Morgan fingerprint density at radius 2 is 1.79 bits per heavy atom. The van der Waals surface area contributed by atoms with Gasteiger partial charge in [0.25, 0.3) is 5.91 Å². The minimum atomic E-state index is -0.415. The largest absolute Gasteiger partial charge is 0.342 e. The summed E-state index contributed by atoms with van der Waals surface area (Å²) in [6.45, 7) is 6.49. The number of nitrogens with zero attached hydrogens (tertiary/aromatic N) is 3. The van der Waals surface area contributed by atoms with E-state index in [-0.39, 0.29) is 28.5 Å². The summed E-state index contributed by atoms with van der Waals surface area (Å²) in [4.78, 5) is 25.3. The number of amides is 2. The molecule has 0 bridgehead atoms. The maximum Gasteiger partial charge on any atom is 0.253 e. The number of rotatable bonds is 9. The molecule has 0 aliphatic rings. The van der Waals surface area contributed by atoms with E-state index in [1.165, 1.54) is 17.8 Å². The van der Waals surface area contributed by atoms with Crippen LogP contribution >= 0.6 is 46.6 Å². The minimum Gasteiger partial charge on any atom is -0.342 e. The molecule has 3 rings (SSSR count). The van der Waals surface area contributed by atoms with Crippen molar-refractivity contribution in [1.82, 2.24) is 20.1 Å². The lowest BCUT2D eigenvalue weighted by Crippen LogP contribution is -2.34. The topological polar surface area (TPSA) is 88.9 Å². The lowest BCUT2D eigenvalue weighted by atomic mass is 10.0. The van der Waals surface area contributed by atoms with Crippen molar-refractivity contribution in [1.29, 1.82) is 0 Å². The third-order valence-corrected chi connectivity index (χ3v) is 6.66. The van der Waals surface area contributed by atoms with Crippen LogP contribution in [0.15, 0.2) is 47.6 Å². The molecule has 0 aliphatic carbocycles. The zero-order valence-corrected chi connectivity index (χ0v) is 21.9. The van der Waals surface area contributed by atoms with Gasteiger partial charge in [0, 0.05) is 22.3 Å². The summed E-state index contributed by atoms with van der Waals surface area (Å²) in [5, 5.41) is 16.3. The Kier molecular flexibility index (Phi) is 9.24. The predicted molar refractivity (Wildman–Crippen MR) is 138 cm³/mol. The number of carbonyl (C=O) groups is 2. The van der Waals surface area contributed by atoms with Gasteiger partial charge in [0.05, 0.1) is 22.4 Å². The van der Waals surface area contributed by atoms with E-state index in [1.807, 2.05) is 25.3 Å². The Balaban J connectivity index is 1.73. The van der Waals surface area contributed by atoms with E-state index in [0.29, 0.717) is 38.8 Å². The molecule has 2 aromatic carbocycles. The molecule has 2 N–H and O–H groups in total. The predicted octanol–water partition coefficient (Wildman–Crippen LogP) is 6.12. The molecule has 11 heteroatoms. The van der Waals surface area contributed by atoms with Crippen LogP contribution in [0.1, 0.15) is 43.0 Å². The van der Waals surface area contributed by atoms with Crippen molar-refractivity contribution in [3.8, 4) is 0 Å². The normalized spacial score (nSPS) is 12.0. The van der Waals surface area contributed by atoms with Crippen LogP contribution in [0.4, 0.5) is 5.69 Å². The van der Waals surface area contributed by atoms with Gasteiger partial charge in [0.1, 0.15) is 0 Å². The first-order chi connectivity index (χ1) is 16.2. The van der Waals surface area contributed by atoms with Gasteiger partial charge in [-0.3, -0.25) is 9.59 Å². The average molecular weight is 541 g/mol. The van der Waals surface area contributed by atoms with Crippen LogP contribution < -0.4 is 10.6 Å². The Bertz CT molecular complexity index is 1190. The molecule has 7 nitrogen and oxygen atoms in total. The van der Waals surface area contributed by atoms with Crippen molar-refractivity contribution in [3.05, 3.63) is 68.9 Å². The average Bonchev–Trinajstić information content (AvgIpc) is 3.18. The molecule has 0 saturated carbocycles. The highest BCUT2D eigenvalue weighted by molar-refractivity contribution is 7.99. The SMILES string of the molecule is CCn1c(SCC(=O)Nc2cccc(Cl)c2)nnc1[C@H](NC(=O)c1ccc(Cl)cc1Cl)C(C)C. The van der Waals surface area contributed by atoms with E-state index in [4.69, 9.17) is 34.8 Å². The van der Waals surface area contributed by atoms with Gasteiger partial charge in [-0.15, -0.1) is 10.2 Å². The lowest BCUT2D eigenvalue weighted by Gasteiger charge is -2.22. The Labute approximate surface area is 217 Å². The second-order valence-electron chi connectivity index (χ2n) is 7.75. The van der Waals surface area contributed by atoms with Gasteiger partial charge in [0.15, 0.2) is 11.0 Å². The molecule has 180 valence electrons. The van der Waals surface area contributed by atoms with Crippen molar-refractivity contribution < 1.29 is 9.59 Å². The zero-order valence-electron chi connectivity index (χ0n) is 18.8. The molecule has 3 aromatic rings. The van der Waals surface area contributed by atoms with Crippen LogP contribution in [0.3, 0.4) is 0 Å². The van der Waals surface area contributed by atoms with Crippen molar-refractivity contribution in [2.45, 2.75) is 38.5 Å². The molecule has 1 aromatic heterocycles. The van der Waals surface area contributed by atoms with Gasteiger partial charge in [-0.2, -0.15) is 0 Å². The number of halogens is 3. The molecule has 2 amide bonds. The fourth-order valence-corrected chi connectivity index (χ4v) is 4.74. The number of benzene rings is 2. The van der Waals surface area contributed by atoms with Gasteiger partial charge < -0.3 is 15.2 Å². The summed E-state index contributed by atoms with van der Waals surface area (Å²) in [6.07, 6.45) is 0. The molecule has 0 unspecified atom stereocenters. The number of anilines is 1. The van der Waals surface area contributed by atoms with E-state index in [1.54, 1.807) is 36.4 Å². The lowest BCUT2D eigenvalue weighted by molar-refractivity contribution is -0.113. The zero-order chi connectivity index (χ0) is 24.8. The van der Waals surface area contributed by atoms with Crippen LogP contribution in [0, 0.1) is 5.92 Å². The number of thioether (sulfide) groups is 1. The highest BCUT2D eigenvalue weighted by atomic mass is 35.5. The van der Waals surface area contributed by atoms with Gasteiger partial charge >= 0.3 is 0 Å². The van der Waals surface area contributed by atoms with Crippen molar-refractivity contribution in [3.63, 3.8) is 0 Å². The maximum atomic E-state index is 12.9. The maximum absolute atomic E-state index is 12.9. The number of nitrogens with one attached hydrogen (secondary N) is 2. The van der Waals surface area contributed by atoms with Crippen LogP contribution in [-0.4, -0.2) is 32.3 Å². The first kappa shape index (κ1) is 26.3. The Hall–Kier alpha value is -2.26. The van der Waals surface area contributed by atoms with Gasteiger partial charge in [-0.1, -0.05) is 66.5 Å².